The molecular formula is C47H80O18. The van der Waals surface area contributed by atoms with Crippen LogP contribution >= 0.6 is 0 Å². The summed E-state index contributed by atoms with van der Waals surface area (Å²) in [6.45, 7) is 15.0. The van der Waals surface area contributed by atoms with Gasteiger partial charge in [-0.1, -0.05) is 46.3 Å². The Morgan fingerprint density at radius 2 is 1.31 bits per heavy atom. The van der Waals surface area contributed by atoms with Crippen LogP contribution in [0, 0.1) is 45.3 Å². The Labute approximate surface area is 382 Å². The zero-order valence-corrected chi connectivity index (χ0v) is 39.3. The molecule has 0 aromatic carbocycles. The Morgan fingerprint density at radius 3 is 1.94 bits per heavy atom. The van der Waals surface area contributed by atoms with Crippen molar-refractivity contribution in [1.29, 1.82) is 0 Å². The van der Waals surface area contributed by atoms with Gasteiger partial charge in [-0.05, 0) is 117 Å². The monoisotopic (exact) mass is 933 g/mol. The van der Waals surface area contributed by atoms with Gasteiger partial charge >= 0.3 is 0 Å². The average Bonchev–Trinajstić information content (AvgIpc) is 3.63. The van der Waals surface area contributed by atoms with E-state index < -0.39 is 145 Å². The fourth-order valence-corrected chi connectivity index (χ4v) is 14.6. The van der Waals surface area contributed by atoms with E-state index in [1.54, 1.807) is 0 Å². The molecule has 4 aliphatic carbocycles. The topological polar surface area (TPSA) is 298 Å². The van der Waals surface area contributed by atoms with Crippen LogP contribution in [0.15, 0.2) is 11.6 Å². The first kappa shape index (κ1) is 51.9. The molecule has 376 valence electrons. The molecule has 18 nitrogen and oxygen atoms in total. The molecule has 65 heavy (non-hydrogen) atoms. The van der Waals surface area contributed by atoms with Crippen molar-refractivity contribution in [2.45, 2.75) is 217 Å². The summed E-state index contributed by atoms with van der Waals surface area (Å²) in [6.07, 6.45) is -17.2. The van der Waals surface area contributed by atoms with Crippen LogP contribution < -0.4 is 0 Å². The summed E-state index contributed by atoms with van der Waals surface area (Å²) in [7, 11) is 0. The van der Waals surface area contributed by atoms with E-state index in [1.165, 1.54) is 0 Å². The van der Waals surface area contributed by atoms with E-state index in [0.717, 1.165) is 5.57 Å². The van der Waals surface area contributed by atoms with Gasteiger partial charge in [-0.15, -0.1) is 0 Å². The average molecular weight is 933 g/mol. The number of aliphatic hydroxyl groups is 12. The zero-order valence-electron chi connectivity index (χ0n) is 39.3. The van der Waals surface area contributed by atoms with Crippen molar-refractivity contribution >= 4 is 0 Å². The lowest BCUT2D eigenvalue weighted by molar-refractivity contribution is -0.377. The van der Waals surface area contributed by atoms with Crippen LogP contribution in [0.5, 0.6) is 0 Å². The number of hydrogen-bond acceptors (Lipinski definition) is 18. The van der Waals surface area contributed by atoms with Gasteiger partial charge in [0.15, 0.2) is 18.9 Å². The van der Waals surface area contributed by atoms with Gasteiger partial charge in [0.1, 0.15) is 67.1 Å². The van der Waals surface area contributed by atoms with Gasteiger partial charge in [-0.2, -0.15) is 0 Å². The van der Waals surface area contributed by atoms with Crippen LogP contribution in [0.3, 0.4) is 0 Å². The van der Waals surface area contributed by atoms with Gasteiger partial charge in [0.05, 0.1) is 43.7 Å². The molecule has 3 saturated heterocycles. The fraction of sp³-hybridized carbons (Fsp3) is 0.957. The van der Waals surface area contributed by atoms with Gasteiger partial charge in [0, 0.05) is 0 Å². The third-order valence-electron chi connectivity index (χ3n) is 18.3. The Hall–Kier alpha value is -0.980. The second kappa shape index (κ2) is 19.0. The highest BCUT2D eigenvalue weighted by Crippen LogP contribution is 2.76. The van der Waals surface area contributed by atoms with Crippen molar-refractivity contribution in [2.24, 2.45) is 45.3 Å². The molecule has 0 aromatic rings. The number of ether oxygens (including phenoxy) is 6. The minimum atomic E-state index is -1.73. The van der Waals surface area contributed by atoms with Crippen molar-refractivity contribution < 1.29 is 89.7 Å². The predicted octanol–water partition coefficient (Wildman–Crippen LogP) is -0.417. The SMILES string of the molecule is CC(C)=CCC[C@](C)(O[C@@H]1O[C@H](CO)[C@@H](O)[C@H](O)[C@H]1O)[C@H]1CC[C@]2(C)[C@@H]1[C@H](O)C[C@@H]1[C@@]3(C)CC[C@H](O)C(C)(C)[C@@H]3[C@@H](O[C@@H]3O[C@H](CO)[C@@H](O)[C@H](O)[C@H]3OC3OC[C@H](O)[C@@H](O)[C@@H]3O)C[C@]12C. The first-order valence-electron chi connectivity index (χ1n) is 23.9. The van der Waals surface area contributed by atoms with Crippen LogP contribution in [0.4, 0.5) is 0 Å². The molecule has 7 fully saturated rings. The molecule has 1 unspecified atom stereocenters. The van der Waals surface area contributed by atoms with Gasteiger partial charge in [0.25, 0.3) is 0 Å². The van der Waals surface area contributed by atoms with Crippen molar-refractivity contribution in [2.75, 3.05) is 19.8 Å². The molecule has 12 N–H and O–H groups in total. The number of rotatable bonds is 12. The summed E-state index contributed by atoms with van der Waals surface area (Å²) in [5, 5.41) is 131. The van der Waals surface area contributed by atoms with Crippen molar-refractivity contribution in [3.05, 3.63) is 11.6 Å². The molecule has 0 amide bonds. The Morgan fingerprint density at radius 1 is 0.692 bits per heavy atom. The van der Waals surface area contributed by atoms with E-state index in [1.807, 2.05) is 34.6 Å². The first-order valence-corrected chi connectivity index (χ1v) is 23.9. The largest absolute Gasteiger partial charge is 0.394 e. The van der Waals surface area contributed by atoms with Gasteiger partial charge in [0.2, 0.25) is 0 Å². The Balaban J connectivity index is 1.27. The van der Waals surface area contributed by atoms with E-state index in [2.05, 4.69) is 26.8 Å². The van der Waals surface area contributed by atoms with Gasteiger partial charge in [-0.25, -0.2) is 0 Å². The highest BCUT2D eigenvalue weighted by molar-refractivity contribution is 5.22. The van der Waals surface area contributed by atoms with E-state index in [-0.39, 0.29) is 30.3 Å². The normalized spacial score (nSPS) is 53.0. The molecular weight excluding hydrogens is 852 g/mol. The standard InChI is InChI=1S/C47H80O18/c1-21(2)10-9-13-47(8,65-41-37(59)34(56)32(54)26(18-48)62-41)22-11-15-45(6)30(22)23(50)16-28-44(5)14-12-29(52)43(3,4)39(44)25(17-46(28,45)7)61-42-38(35(57)33(55)27(19-49)63-42)64-40-36(58)31(53)24(51)20-60-40/h10,22-42,48-59H,9,11-20H2,1-8H3/t22-,23+,24-,25-,26+,27+,28+,29-,30-,31+,32+,33+,34-,35-,36-,37+,38+,39-,40?,41-,42+,44+,45+,46+,47-/m0/s1. The minimum Gasteiger partial charge on any atom is -0.394 e. The second-order valence-electron chi connectivity index (χ2n) is 22.6. The predicted molar refractivity (Wildman–Crippen MR) is 229 cm³/mol. The maximum absolute atomic E-state index is 12.7. The molecule has 3 heterocycles. The van der Waals surface area contributed by atoms with Crippen LogP contribution in [0.2, 0.25) is 0 Å². The van der Waals surface area contributed by atoms with E-state index in [0.29, 0.717) is 51.4 Å². The summed E-state index contributed by atoms with van der Waals surface area (Å²) < 4.78 is 37.7. The highest BCUT2D eigenvalue weighted by Gasteiger charge is 2.74. The first-order chi connectivity index (χ1) is 30.3. The maximum Gasteiger partial charge on any atom is 0.187 e. The number of aliphatic hydroxyl groups excluding tert-OH is 12. The number of allylic oxidation sites excluding steroid dienone is 2. The lowest BCUT2D eigenvalue weighted by Gasteiger charge is -2.72. The Bertz CT molecular complexity index is 1660. The molecule has 7 aliphatic rings. The third kappa shape index (κ3) is 8.72. The molecule has 4 saturated carbocycles. The Kier molecular flexibility index (Phi) is 15.1. The molecule has 0 radical (unpaired) electrons. The number of hydrogen-bond donors (Lipinski definition) is 12. The quantitative estimate of drug-likeness (QED) is 0.0874. The van der Waals surface area contributed by atoms with Crippen LogP contribution in [0.25, 0.3) is 0 Å². The maximum atomic E-state index is 12.7. The minimum absolute atomic E-state index is 0.0828. The van der Waals surface area contributed by atoms with Crippen LogP contribution in [-0.4, -0.2) is 191 Å². The fourth-order valence-electron chi connectivity index (χ4n) is 14.6. The zero-order chi connectivity index (χ0) is 47.9. The van der Waals surface area contributed by atoms with Crippen molar-refractivity contribution in [3.63, 3.8) is 0 Å². The van der Waals surface area contributed by atoms with E-state index in [4.69, 9.17) is 28.4 Å². The highest BCUT2D eigenvalue weighted by atomic mass is 16.8. The molecule has 25 atom stereocenters. The molecule has 7 rings (SSSR count). The summed E-state index contributed by atoms with van der Waals surface area (Å²) in [5.74, 6) is -1.11. The van der Waals surface area contributed by atoms with Crippen LogP contribution in [-0.2, 0) is 28.4 Å². The molecule has 3 aliphatic heterocycles. The molecule has 0 spiro atoms. The van der Waals surface area contributed by atoms with Crippen molar-refractivity contribution in [1.82, 2.24) is 0 Å². The lowest BCUT2D eigenvalue weighted by atomic mass is 9.34. The number of fused-ring (bicyclic) bond motifs is 5. The van der Waals surface area contributed by atoms with Gasteiger partial charge < -0.3 is 89.7 Å². The summed E-state index contributed by atoms with van der Waals surface area (Å²) in [4.78, 5) is 0. The summed E-state index contributed by atoms with van der Waals surface area (Å²) in [6, 6.07) is 0. The summed E-state index contributed by atoms with van der Waals surface area (Å²) >= 11 is 0. The third-order valence-corrected chi connectivity index (χ3v) is 18.3. The summed E-state index contributed by atoms with van der Waals surface area (Å²) in [5.41, 5.74) is -2.41. The van der Waals surface area contributed by atoms with Crippen molar-refractivity contribution in [3.8, 4) is 0 Å². The second-order valence-corrected chi connectivity index (χ2v) is 22.6. The van der Waals surface area contributed by atoms with E-state index in [9.17, 15) is 61.3 Å². The molecule has 0 aromatic heterocycles. The lowest BCUT2D eigenvalue weighted by Crippen LogP contribution is -2.71. The smallest absolute Gasteiger partial charge is 0.187 e. The van der Waals surface area contributed by atoms with Gasteiger partial charge in [-0.3, -0.25) is 0 Å². The molecule has 0 bridgehead atoms. The van der Waals surface area contributed by atoms with Crippen LogP contribution in [0.1, 0.15) is 107 Å². The molecule has 18 heteroatoms. The van der Waals surface area contributed by atoms with E-state index >= 15 is 0 Å².